The summed E-state index contributed by atoms with van der Waals surface area (Å²) < 4.78 is 0. The molecule has 4 nitrogen and oxygen atoms in total. The number of rotatable bonds is 16. The molecule has 0 saturated carbocycles. The van der Waals surface area contributed by atoms with E-state index in [1.807, 2.05) is 48.3 Å². The van der Waals surface area contributed by atoms with Crippen LogP contribution in [0, 0.1) is 0 Å². The molecule has 3 rings (SSSR count). The number of carboxylic acid groups (broad SMARTS) is 1. The number of benzene rings is 1. The van der Waals surface area contributed by atoms with Gasteiger partial charge in [-0.15, -0.1) is 34.9 Å². The minimum absolute atomic E-state index is 0.168. The van der Waals surface area contributed by atoms with Crippen LogP contribution in [-0.2, 0) is 11.3 Å². The molecule has 1 aliphatic rings. The van der Waals surface area contributed by atoms with Crippen molar-refractivity contribution in [3.63, 3.8) is 0 Å². The van der Waals surface area contributed by atoms with Crippen molar-refractivity contribution in [3.8, 4) is 0 Å². The van der Waals surface area contributed by atoms with Gasteiger partial charge in [-0.1, -0.05) is 83.1 Å². The van der Waals surface area contributed by atoms with Crippen LogP contribution in [0.15, 0.2) is 76.7 Å². The number of aliphatic carboxylic acids is 1. The fourth-order valence-electron chi connectivity index (χ4n) is 3.95. The molecule has 0 fully saturated rings. The Labute approximate surface area is 236 Å². The van der Waals surface area contributed by atoms with E-state index < -0.39 is 5.97 Å². The van der Waals surface area contributed by atoms with Crippen LogP contribution in [0.3, 0.4) is 0 Å². The van der Waals surface area contributed by atoms with Crippen LogP contribution in [0.1, 0.15) is 70.1 Å². The second-order valence-electron chi connectivity index (χ2n) is 9.21. The summed E-state index contributed by atoms with van der Waals surface area (Å²) in [7, 11) is 0. The van der Waals surface area contributed by atoms with E-state index in [1.165, 1.54) is 61.1 Å². The molecule has 0 amide bonds. The Balaban J connectivity index is 0.000000371. The SMILES string of the molecule is CC(CSC1C(C(=O)O)=CC=CN1Cc1cccs1)Sc1ccccc1.CCCCCCCCCCN. The molecular weight excluding hydrogens is 517 g/mol. The van der Waals surface area contributed by atoms with Crippen molar-refractivity contribution in [1.29, 1.82) is 0 Å². The van der Waals surface area contributed by atoms with Gasteiger partial charge in [0.2, 0.25) is 0 Å². The third-order valence-electron chi connectivity index (χ3n) is 5.91. The van der Waals surface area contributed by atoms with Crippen LogP contribution in [0.5, 0.6) is 0 Å². The summed E-state index contributed by atoms with van der Waals surface area (Å²) in [6, 6.07) is 14.4. The predicted molar refractivity (Wildman–Crippen MR) is 164 cm³/mol. The van der Waals surface area contributed by atoms with Crippen LogP contribution in [-0.4, -0.2) is 38.9 Å². The minimum Gasteiger partial charge on any atom is -0.478 e. The lowest BCUT2D eigenvalue weighted by Crippen LogP contribution is -2.34. The van der Waals surface area contributed by atoms with E-state index in [1.54, 1.807) is 29.2 Å². The van der Waals surface area contributed by atoms with E-state index in [0.717, 1.165) is 18.8 Å². The first-order valence-electron chi connectivity index (χ1n) is 13.5. The van der Waals surface area contributed by atoms with Crippen LogP contribution in [0.2, 0.25) is 0 Å². The number of carbonyl (C=O) groups is 1. The summed E-state index contributed by atoms with van der Waals surface area (Å²) in [5, 5.41) is 11.9. The molecular formula is C30H44N2O2S3. The molecule has 2 heterocycles. The highest BCUT2D eigenvalue weighted by Crippen LogP contribution is 2.33. The highest BCUT2D eigenvalue weighted by molar-refractivity contribution is 8.03. The molecule has 1 aromatic carbocycles. The first-order chi connectivity index (χ1) is 18.0. The number of thiophene rings is 1. The Bertz CT molecular complexity index is 908. The van der Waals surface area contributed by atoms with E-state index in [0.29, 0.717) is 10.8 Å². The fraction of sp³-hybridized carbons (Fsp3) is 0.500. The van der Waals surface area contributed by atoms with Crippen LogP contribution >= 0.6 is 34.9 Å². The van der Waals surface area contributed by atoms with Crippen molar-refractivity contribution in [2.24, 2.45) is 5.73 Å². The Morgan fingerprint density at radius 1 is 1.05 bits per heavy atom. The molecule has 7 heteroatoms. The lowest BCUT2D eigenvalue weighted by Gasteiger charge is -2.33. The van der Waals surface area contributed by atoms with Crippen molar-refractivity contribution in [2.75, 3.05) is 12.3 Å². The zero-order chi connectivity index (χ0) is 26.7. The van der Waals surface area contributed by atoms with Crippen molar-refractivity contribution >= 4 is 40.8 Å². The molecule has 0 radical (unpaired) electrons. The quantitative estimate of drug-likeness (QED) is 0.159. The van der Waals surface area contributed by atoms with Gasteiger partial charge in [0, 0.05) is 27.0 Å². The van der Waals surface area contributed by atoms with Gasteiger partial charge in [0.1, 0.15) is 5.37 Å². The largest absolute Gasteiger partial charge is 0.478 e. The number of hydrogen-bond donors (Lipinski definition) is 2. The number of thioether (sulfide) groups is 2. The van der Waals surface area contributed by atoms with Crippen molar-refractivity contribution in [1.82, 2.24) is 4.90 Å². The molecule has 0 spiro atoms. The molecule has 204 valence electrons. The molecule has 1 aromatic heterocycles. The number of unbranched alkanes of at least 4 members (excludes halogenated alkanes) is 7. The fourth-order valence-corrected chi connectivity index (χ4v) is 7.10. The third-order valence-corrected chi connectivity index (χ3v) is 9.63. The molecule has 3 N–H and O–H groups in total. The Hall–Kier alpha value is -1.67. The van der Waals surface area contributed by atoms with Gasteiger partial charge in [0.05, 0.1) is 12.1 Å². The summed E-state index contributed by atoms with van der Waals surface area (Å²) in [6.45, 7) is 6.05. The van der Waals surface area contributed by atoms with Gasteiger partial charge in [-0.2, -0.15) is 0 Å². The number of hydrogen-bond acceptors (Lipinski definition) is 6. The molecule has 2 unspecified atom stereocenters. The second kappa shape index (κ2) is 19.4. The Morgan fingerprint density at radius 3 is 2.38 bits per heavy atom. The van der Waals surface area contributed by atoms with Crippen molar-refractivity contribution in [2.45, 2.75) is 87.3 Å². The van der Waals surface area contributed by atoms with E-state index in [-0.39, 0.29) is 5.37 Å². The predicted octanol–water partition coefficient (Wildman–Crippen LogP) is 8.41. The highest BCUT2D eigenvalue weighted by Gasteiger charge is 2.28. The number of nitrogens with zero attached hydrogens (tertiary/aromatic N) is 1. The minimum atomic E-state index is -0.841. The zero-order valence-corrected chi connectivity index (χ0v) is 24.8. The third kappa shape index (κ3) is 13.1. The zero-order valence-electron chi connectivity index (χ0n) is 22.4. The van der Waals surface area contributed by atoms with E-state index in [2.05, 4.69) is 42.3 Å². The van der Waals surface area contributed by atoms with Gasteiger partial charge in [0.15, 0.2) is 0 Å². The molecule has 2 aromatic rings. The van der Waals surface area contributed by atoms with Crippen molar-refractivity contribution < 1.29 is 9.90 Å². The van der Waals surface area contributed by atoms with Crippen LogP contribution in [0.4, 0.5) is 0 Å². The molecule has 0 saturated heterocycles. The summed E-state index contributed by atoms with van der Waals surface area (Å²) in [5.74, 6) is 0.0373. The monoisotopic (exact) mass is 560 g/mol. The number of allylic oxidation sites excluding steroid dienone is 2. The summed E-state index contributed by atoms with van der Waals surface area (Å²) in [5.41, 5.74) is 5.84. The standard InChI is InChI=1S/C20H21NO2S3.C10H23N/c1-15(26-16-7-3-2-4-8-16)14-25-19-18(20(22)23)10-5-11-21(19)13-17-9-6-12-24-17;1-2-3-4-5-6-7-8-9-10-11/h2-12,15,19H,13-14H2,1H3,(H,22,23);2-11H2,1H3. The smallest absolute Gasteiger partial charge is 0.334 e. The first-order valence-corrected chi connectivity index (χ1v) is 16.3. The Morgan fingerprint density at radius 2 is 1.76 bits per heavy atom. The normalized spacial score (nSPS) is 15.6. The summed E-state index contributed by atoms with van der Waals surface area (Å²) in [6.07, 6.45) is 16.5. The number of carboxylic acids is 1. The van der Waals surface area contributed by atoms with Gasteiger partial charge in [-0.3, -0.25) is 0 Å². The first kappa shape index (κ1) is 31.5. The van der Waals surface area contributed by atoms with E-state index in [9.17, 15) is 9.90 Å². The highest BCUT2D eigenvalue weighted by atomic mass is 32.2. The molecule has 1 aliphatic heterocycles. The van der Waals surface area contributed by atoms with E-state index in [4.69, 9.17) is 5.73 Å². The topological polar surface area (TPSA) is 66.6 Å². The average molecular weight is 561 g/mol. The van der Waals surface area contributed by atoms with Gasteiger partial charge >= 0.3 is 5.97 Å². The molecule has 2 atom stereocenters. The number of nitrogens with two attached hydrogens (primary N) is 1. The van der Waals surface area contributed by atoms with Gasteiger partial charge in [-0.05, 0) is 48.7 Å². The maximum atomic E-state index is 11.7. The van der Waals surface area contributed by atoms with Gasteiger partial charge in [0.25, 0.3) is 0 Å². The lowest BCUT2D eigenvalue weighted by molar-refractivity contribution is -0.133. The maximum absolute atomic E-state index is 11.7. The van der Waals surface area contributed by atoms with Gasteiger partial charge < -0.3 is 15.7 Å². The second-order valence-corrected chi connectivity index (χ2v) is 12.9. The molecule has 37 heavy (non-hydrogen) atoms. The van der Waals surface area contributed by atoms with Crippen molar-refractivity contribution in [3.05, 3.63) is 76.6 Å². The van der Waals surface area contributed by atoms with Crippen LogP contribution < -0.4 is 5.73 Å². The maximum Gasteiger partial charge on any atom is 0.334 e. The summed E-state index contributed by atoms with van der Waals surface area (Å²) in [4.78, 5) is 16.3. The van der Waals surface area contributed by atoms with Crippen LogP contribution in [0.25, 0.3) is 0 Å². The summed E-state index contributed by atoms with van der Waals surface area (Å²) >= 11 is 5.23. The lowest BCUT2D eigenvalue weighted by atomic mass is 10.1. The molecule has 0 aliphatic carbocycles. The van der Waals surface area contributed by atoms with E-state index >= 15 is 0 Å². The average Bonchev–Trinajstić information content (AvgIpc) is 3.41. The van der Waals surface area contributed by atoms with Gasteiger partial charge in [-0.25, -0.2) is 4.79 Å². The Kier molecular flexibility index (Phi) is 16.5. The molecule has 0 bridgehead atoms.